The summed E-state index contributed by atoms with van der Waals surface area (Å²) in [5.74, 6) is 0. The number of fused-ring (bicyclic) bond motifs is 3. The van der Waals surface area contributed by atoms with E-state index in [1.807, 2.05) is 84.9 Å². The molecule has 1 atom stereocenters. The van der Waals surface area contributed by atoms with E-state index in [4.69, 9.17) is 4.99 Å². The standard InChI is InChI=1S/C33H23NO.2C7H7.Zr/c35-33(21-22-10-2-1-3-11-22)29-19-9-14-23-13-8-18-28(31(23)29)32(33)34-30-20-24-12-4-5-15-25(24)26-16-6-7-17-27(26)30;2*1-7-5-3-2-4-6-7;/h1-20,35H,21H2;2*2-6H,1H2;/q;2*-1;. The molecule has 1 aliphatic rings. The van der Waals surface area contributed by atoms with Gasteiger partial charge in [0.05, 0.1) is 11.4 Å². The maximum Gasteiger partial charge on any atom is 0.137 e. The molecule has 0 saturated heterocycles. The summed E-state index contributed by atoms with van der Waals surface area (Å²) in [4.78, 5) is 5.29. The molecular weight excluding hydrogens is 686 g/mol. The fraction of sp³-hybridized carbons (Fsp3) is 0.0426. The van der Waals surface area contributed by atoms with Crippen LogP contribution in [0.25, 0.3) is 32.3 Å². The first-order chi connectivity index (χ1) is 24.0. The molecule has 50 heavy (non-hydrogen) atoms. The van der Waals surface area contributed by atoms with Gasteiger partial charge in [-0.25, -0.2) is 4.99 Å². The Labute approximate surface area is 313 Å². The Morgan fingerprint density at radius 3 is 1.60 bits per heavy atom. The molecule has 1 aliphatic carbocycles. The van der Waals surface area contributed by atoms with Crippen LogP contribution in [-0.2, 0) is 38.2 Å². The van der Waals surface area contributed by atoms with Gasteiger partial charge in [0, 0.05) is 43.6 Å². The van der Waals surface area contributed by atoms with E-state index in [0.717, 1.165) is 55.0 Å². The summed E-state index contributed by atoms with van der Waals surface area (Å²) >= 11 is 0. The number of hydrogen-bond donors (Lipinski definition) is 1. The third-order valence-corrected chi connectivity index (χ3v) is 8.96. The second-order valence-electron chi connectivity index (χ2n) is 12.3. The van der Waals surface area contributed by atoms with Crippen molar-refractivity contribution in [1.29, 1.82) is 0 Å². The molecule has 0 saturated carbocycles. The molecule has 8 aromatic rings. The topological polar surface area (TPSA) is 32.6 Å². The van der Waals surface area contributed by atoms with Crippen LogP contribution in [0.3, 0.4) is 0 Å². The van der Waals surface area contributed by atoms with Gasteiger partial charge < -0.3 is 5.11 Å². The van der Waals surface area contributed by atoms with Crippen molar-refractivity contribution in [3.8, 4) is 0 Å². The van der Waals surface area contributed by atoms with Gasteiger partial charge in [0.1, 0.15) is 5.60 Å². The Balaban J connectivity index is 0.000000240. The number of rotatable bonds is 3. The minimum atomic E-state index is -1.22. The average molecular weight is 723 g/mol. The SMILES string of the molecule is OC1(Cc2ccccc2)C(=Nc2cc3ccccc3c3ccccc23)c2cccc3cccc1c23.[CH2-]c1ccccc1.[CH2-]c1ccccc1.[Zr]. The Hall–Kier alpha value is -5.21. The van der Waals surface area contributed by atoms with Gasteiger partial charge in [0.25, 0.3) is 0 Å². The molecule has 0 bridgehead atoms. The van der Waals surface area contributed by atoms with Crippen molar-refractivity contribution in [2.45, 2.75) is 12.0 Å². The van der Waals surface area contributed by atoms with Crippen LogP contribution in [0.15, 0.2) is 187 Å². The molecule has 1 N–H and O–H groups in total. The quantitative estimate of drug-likeness (QED) is 0.143. The first-order valence-electron chi connectivity index (χ1n) is 16.5. The Kier molecular flexibility index (Phi) is 10.8. The number of aliphatic imine (C=N–C) groups is 1. The van der Waals surface area contributed by atoms with Crippen molar-refractivity contribution >= 4 is 43.7 Å². The number of benzene rings is 8. The van der Waals surface area contributed by atoms with Gasteiger partial charge in [-0.1, -0.05) is 127 Å². The smallest absolute Gasteiger partial charge is 0.137 e. The van der Waals surface area contributed by atoms with Crippen LogP contribution in [0.5, 0.6) is 0 Å². The van der Waals surface area contributed by atoms with E-state index < -0.39 is 5.60 Å². The van der Waals surface area contributed by atoms with Crippen LogP contribution >= 0.6 is 0 Å². The van der Waals surface area contributed by atoms with Crippen molar-refractivity contribution in [2.75, 3.05) is 0 Å². The van der Waals surface area contributed by atoms with Crippen molar-refractivity contribution < 1.29 is 31.3 Å². The molecule has 0 radical (unpaired) electrons. The first-order valence-corrected chi connectivity index (χ1v) is 16.5. The summed E-state index contributed by atoms with van der Waals surface area (Å²) in [6.07, 6.45) is 0.464. The van der Waals surface area contributed by atoms with E-state index in [-0.39, 0.29) is 26.2 Å². The normalized spacial score (nSPS) is 15.1. The summed E-state index contributed by atoms with van der Waals surface area (Å²) in [5.41, 5.74) is 5.53. The summed E-state index contributed by atoms with van der Waals surface area (Å²) in [6.45, 7) is 7.44. The molecule has 0 aliphatic heterocycles. The zero-order chi connectivity index (χ0) is 33.6. The maximum atomic E-state index is 12.5. The molecule has 0 amide bonds. The van der Waals surface area contributed by atoms with Crippen molar-refractivity contribution in [3.05, 3.63) is 224 Å². The molecule has 0 fully saturated rings. The molecule has 9 rings (SSSR count). The molecule has 242 valence electrons. The van der Waals surface area contributed by atoms with Gasteiger partial charge in [0.15, 0.2) is 0 Å². The molecule has 8 aromatic carbocycles. The Bertz CT molecular complexity index is 2340. The third-order valence-electron chi connectivity index (χ3n) is 8.96. The molecule has 2 nitrogen and oxygen atoms in total. The molecule has 0 aromatic heterocycles. The van der Waals surface area contributed by atoms with Gasteiger partial charge in [-0.15, -0.1) is 24.3 Å². The third kappa shape index (κ3) is 7.21. The zero-order valence-corrected chi connectivity index (χ0v) is 30.3. The molecule has 1 unspecified atom stereocenters. The average Bonchev–Trinajstić information content (AvgIpc) is 3.37. The Morgan fingerprint density at radius 2 is 1.00 bits per heavy atom. The van der Waals surface area contributed by atoms with E-state index in [1.54, 1.807) is 0 Å². The maximum absolute atomic E-state index is 12.5. The number of hydrogen-bond acceptors (Lipinski definition) is 2. The second kappa shape index (κ2) is 15.6. The van der Waals surface area contributed by atoms with Gasteiger partial charge in [-0.3, -0.25) is 0 Å². The monoisotopic (exact) mass is 721 g/mol. The Morgan fingerprint density at radius 1 is 0.500 bits per heavy atom. The van der Waals surface area contributed by atoms with Crippen LogP contribution in [0.2, 0.25) is 0 Å². The van der Waals surface area contributed by atoms with Gasteiger partial charge in [-0.05, 0) is 44.1 Å². The zero-order valence-electron chi connectivity index (χ0n) is 27.8. The van der Waals surface area contributed by atoms with Gasteiger partial charge in [-0.2, -0.15) is 49.2 Å². The number of aliphatic hydroxyl groups is 1. The minimum Gasteiger partial charge on any atom is -0.378 e. The van der Waals surface area contributed by atoms with E-state index in [2.05, 4.69) is 111 Å². The van der Waals surface area contributed by atoms with E-state index in [9.17, 15) is 5.11 Å². The van der Waals surface area contributed by atoms with Crippen LogP contribution in [0.4, 0.5) is 5.69 Å². The summed E-state index contributed by atoms with van der Waals surface area (Å²) in [5, 5.41) is 19.3. The van der Waals surface area contributed by atoms with E-state index in [1.165, 1.54) is 10.8 Å². The second-order valence-corrected chi connectivity index (χ2v) is 12.3. The van der Waals surface area contributed by atoms with Crippen molar-refractivity contribution in [1.82, 2.24) is 0 Å². The first kappa shape index (κ1) is 34.6. The largest absolute Gasteiger partial charge is 0.378 e. The van der Waals surface area contributed by atoms with Crippen LogP contribution in [-0.4, -0.2) is 10.8 Å². The fourth-order valence-electron chi connectivity index (χ4n) is 6.66. The van der Waals surface area contributed by atoms with Crippen molar-refractivity contribution in [2.24, 2.45) is 4.99 Å². The predicted molar refractivity (Wildman–Crippen MR) is 207 cm³/mol. The fourth-order valence-corrected chi connectivity index (χ4v) is 6.66. The van der Waals surface area contributed by atoms with Crippen LogP contribution < -0.4 is 0 Å². The number of nitrogens with zero attached hydrogens (tertiary/aromatic N) is 1. The van der Waals surface area contributed by atoms with Crippen LogP contribution in [0.1, 0.15) is 27.8 Å². The molecule has 0 heterocycles. The van der Waals surface area contributed by atoms with Gasteiger partial charge >= 0.3 is 0 Å². The van der Waals surface area contributed by atoms with Gasteiger partial charge in [0.2, 0.25) is 0 Å². The predicted octanol–water partition coefficient (Wildman–Crippen LogP) is 11.4. The summed E-state index contributed by atoms with van der Waals surface area (Å²) in [6, 6.07) is 61.4. The van der Waals surface area contributed by atoms with E-state index in [0.29, 0.717) is 12.1 Å². The van der Waals surface area contributed by atoms with Crippen LogP contribution in [0, 0.1) is 13.8 Å². The molecule has 0 spiro atoms. The van der Waals surface area contributed by atoms with Crippen molar-refractivity contribution in [3.63, 3.8) is 0 Å². The van der Waals surface area contributed by atoms with E-state index >= 15 is 0 Å². The summed E-state index contributed by atoms with van der Waals surface area (Å²) < 4.78 is 0. The minimum absolute atomic E-state index is 0. The molecule has 3 heteroatoms. The summed E-state index contributed by atoms with van der Waals surface area (Å²) in [7, 11) is 0. The molecular formula is C47H37NOZr-2.